The third kappa shape index (κ3) is 3.31. The van der Waals surface area contributed by atoms with E-state index in [9.17, 15) is 9.18 Å². The van der Waals surface area contributed by atoms with Crippen molar-refractivity contribution in [3.05, 3.63) is 42.2 Å². The normalized spacial score (nSPS) is 10.4. The average Bonchev–Trinajstić information content (AvgIpc) is 2.89. The zero-order valence-corrected chi connectivity index (χ0v) is 10.3. The summed E-state index contributed by atoms with van der Waals surface area (Å²) in [7, 11) is 0. The first-order chi connectivity index (χ1) is 9.20. The predicted octanol–water partition coefficient (Wildman–Crippen LogP) is 1.97. The molecule has 5 nitrogen and oxygen atoms in total. The molecule has 2 aromatic rings. The number of ether oxygens (including phenoxy) is 1. The third-order valence-electron chi connectivity index (χ3n) is 2.47. The van der Waals surface area contributed by atoms with Crippen molar-refractivity contribution in [2.24, 2.45) is 0 Å². The van der Waals surface area contributed by atoms with Crippen molar-refractivity contribution in [1.82, 2.24) is 9.78 Å². The summed E-state index contributed by atoms with van der Waals surface area (Å²) >= 11 is 0. The number of hydrogen-bond acceptors (Lipinski definition) is 4. The number of anilines is 1. The number of nitrogen functional groups attached to an aromatic ring is 1. The lowest BCUT2D eigenvalue weighted by atomic mass is 10.3. The number of benzene rings is 1. The predicted molar refractivity (Wildman–Crippen MR) is 68.9 cm³/mol. The molecule has 1 aromatic heterocycles. The van der Waals surface area contributed by atoms with E-state index in [2.05, 4.69) is 5.10 Å². The topological polar surface area (TPSA) is 70.1 Å². The van der Waals surface area contributed by atoms with Crippen LogP contribution in [-0.4, -0.2) is 29.0 Å². The maximum atomic E-state index is 11.9. The number of carbonyl (C=O) groups is 1. The lowest BCUT2D eigenvalue weighted by Crippen LogP contribution is -2.08. The van der Waals surface area contributed by atoms with Gasteiger partial charge in [0.25, 0.3) is 0 Å². The Morgan fingerprint density at radius 3 is 2.74 bits per heavy atom. The highest BCUT2D eigenvalue weighted by Crippen LogP contribution is 2.11. The van der Waals surface area contributed by atoms with Crippen LogP contribution in [0.15, 0.2) is 36.5 Å². The van der Waals surface area contributed by atoms with Crippen molar-refractivity contribution >= 4 is 11.7 Å². The van der Waals surface area contributed by atoms with Crippen LogP contribution in [0.5, 0.6) is 0 Å². The Morgan fingerprint density at radius 1 is 1.32 bits per heavy atom. The molecule has 0 radical (unpaired) electrons. The first-order valence-electron chi connectivity index (χ1n) is 5.85. The number of hydrogen-bond donors (Lipinski definition) is 1. The van der Waals surface area contributed by atoms with E-state index in [1.54, 1.807) is 41.2 Å². The summed E-state index contributed by atoms with van der Waals surface area (Å²) in [5.74, 6) is -0.553. The van der Waals surface area contributed by atoms with Crippen molar-refractivity contribution in [3.8, 4) is 5.69 Å². The van der Waals surface area contributed by atoms with Crippen LogP contribution in [0.3, 0.4) is 0 Å². The summed E-state index contributed by atoms with van der Waals surface area (Å²) in [6.07, 6.45) is 1.85. The Bertz CT molecular complexity index is 551. The van der Waals surface area contributed by atoms with Crippen molar-refractivity contribution < 1.29 is 13.9 Å². The molecule has 0 aliphatic rings. The number of alkyl halides is 1. The highest BCUT2D eigenvalue weighted by Gasteiger charge is 2.11. The molecule has 0 bridgehead atoms. The number of carbonyl (C=O) groups excluding carboxylic acids is 1. The molecule has 0 atom stereocenters. The van der Waals surface area contributed by atoms with Gasteiger partial charge in [-0.05, 0) is 30.3 Å². The van der Waals surface area contributed by atoms with Gasteiger partial charge in [0.05, 0.1) is 19.0 Å². The highest BCUT2D eigenvalue weighted by atomic mass is 19.1. The van der Waals surface area contributed by atoms with E-state index >= 15 is 0 Å². The zero-order chi connectivity index (χ0) is 13.7. The minimum atomic E-state index is -0.553. The lowest BCUT2D eigenvalue weighted by molar-refractivity contribution is 0.0486. The second-order valence-electron chi connectivity index (χ2n) is 3.92. The number of nitrogens with zero attached hydrogens (tertiary/aromatic N) is 2. The summed E-state index contributed by atoms with van der Waals surface area (Å²) in [5.41, 5.74) is 7.23. The van der Waals surface area contributed by atoms with Crippen LogP contribution >= 0.6 is 0 Å². The molecular weight excluding hydrogens is 249 g/mol. The van der Waals surface area contributed by atoms with Crippen molar-refractivity contribution in [2.75, 3.05) is 19.0 Å². The van der Waals surface area contributed by atoms with Crippen LogP contribution < -0.4 is 5.73 Å². The van der Waals surface area contributed by atoms with Gasteiger partial charge in [0.15, 0.2) is 5.69 Å². The quantitative estimate of drug-likeness (QED) is 0.508. The van der Waals surface area contributed by atoms with E-state index in [1.165, 1.54) is 0 Å². The summed E-state index contributed by atoms with van der Waals surface area (Å²) in [5, 5.41) is 4.10. The molecule has 0 saturated carbocycles. The molecule has 0 fully saturated rings. The second kappa shape index (κ2) is 5.99. The van der Waals surface area contributed by atoms with Gasteiger partial charge in [-0.15, -0.1) is 0 Å². The molecule has 0 spiro atoms. The summed E-state index contributed by atoms with van der Waals surface area (Å²) < 4.78 is 18.3. The fraction of sp³-hybridized carbons (Fsp3) is 0.231. The van der Waals surface area contributed by atoms with Crippen molar-refractivity contribution in [1.29, 1.82) is 0 Å². The van der Waals surface area contributed by atoms with Gasteiger partial charge in [-0.1, -0.05) is 0 Å². The number of rotatable bonds is 5. The van der Waals surface area contributed by atoms with Crippen LogP contribution in [0.2, 0.25) is 0 Å². The summed E-state index contributed by atoms with van der Waals surface area (Å²) in [6.45, 7) is -0.447. The van der Waals surface area contributed by atoms with Crippen LogP contribution in [-0.2, 0) is 4.74 Å². The van der Waals surface area contributed by atoms with Crippen LogP contribution in [0.1, 0.15) is 16.9 Å². The molecule has 100 valence electrons. The number of halogens is 1. The van der Waals surface area contributed by atoms with Gasteiger partial charge in [0.2, 0.25) is 0 Å². The molecule has 1 aromatic carbocycles. The van der Waals surface area contributed by atoms with Gasteiger partial charge in [-0.25, -0.2) is 9.48 Å². The fourth-order valence-electron chi connectivity index (χ4n) is 1.50. The molecule has 0 saturated heterocycles. The zero-order valence-electron chi connectivity index (χ0n) is 10.3. The van der Waals surface area contributed by atoms with Crippen molar-refractivity contribution in [2.45, 2.75) is 6.42 Å². The Balaban J connectivity index is 2.06. The maximum Gasteiger partial charge on any atom is 0.358 e. The molecule has 0 aliphatic heterocycles. The van der Waals surface area contributed by atoms with Crippen LogP contribution in [0.4, 0.5) is 10.1 Å². The summed E-state index contributed by atoms with van der Waals surface area (Å²) in [6, 6.07) is 8.63. The largest absolute Gasteiger partial charge is 0.461 e. The van der Waals surface area contributed by atoms with E-state index in [4.69, 9.17) is 10.5 Å². The molecule has 0 unspecified atom stereocenters. The van der Waals surface area contributed by atoms with Gasteiger partial charge >= 0.3 is 5.97 Å². The molecule has 2 N–H and O–H groups in total. The number of nitrogens with two attached hydrogens (primary N) is 1. The van der Waals surface area contributed by atoms with Crippen LogP contribution in [0.25, 0.3) is 5.69 Å². The van der Waals surface area contributed by atoms with Crippen molar-refractivity contribution in [3.63, 3.8) is 0 Å². The summed E-state index contributed by atoms with van der Waals surface area (Å²) in [4.78, 5) is 11.6. The van der Waals surface area contributed by atoms with E-state index in [0.717, 1.165) is 5.69 Å². The smallest absolute Gasteiger partial charge is 0.358 e. The Morgan fingerprint density at radius 2 is 2.05 bits per heavy atom. The van der Waals surface area contributed by atoms with Gasteiger partial charge in [0.1, 0.15) is 0 Å². The molecule has 0 amide bonds. The standard InChI is InChI=1S/C13H14FN3O2/c14-7-1-9-19-13(18)12-6-8-17(16-12)11-4-2-10(15)3-5-11/h2-6,8H,1,7,9,15H2. The van der Waals surface area contributed by atoms with Gasteiger partial charge in [-0.3, -0.25) is 4.39 Å². The highest BCUT2D eigenvalue weighted by molar-refractivity contribution is 5.87. The molecule has 1 heterocycles. The average molecular weight is 263 g/mol. The monoisotopic (exact) mass is 263 g/mol. The Hall–Kier alpha value is -2.37. The first kappa shape index (κ1) is 13.1. The number of esters is 1. The van der Waals surface area contributed by atoms with E-state index in [0.29, 0.717) is 5.69 Å². The molecule has 19 heavy (non-hydrogen) atoms. The third-order valence-corrected chi connectivity index (χ3v) is 2.47. The van der Waals surface area contributed by atoms with E-state index in [1.807, 2.05) is 0 Å². The fourth-order valence-corrected chi connectivity index (χ4v) is 1.50. The van der Waals surface area contributed by atoms with Gasteiger partial charge < -0.3 is 10.5 Å². The molecule has 6 heteroatoms. The maximum absolute atomic E-state index is 11.9. The SMILES string of the molecule is Nc1ccc(-n2ccc(C(=O)OCCCF)n2)cc1. The van der Waals surface area contributed by atoms with E-state index in [-0.39, 0.29) is 18.7 Å². The molecular formula is C13H14FN3O2. The minimum absolute atomic E-state index is 0.0596. The molecule has 2 rings (SSSR count). The van der Waals surface area contributed by atoms with Gasteiger partial charge in [0, 0.05) is 18.3 Å². The Kier molecular flexibility index (Phi) is 4.12. The minimum Gasteiger partial charge on any atom is -0.461 e. The number of aromatic nitrogens is 2. The first-order valence-corrected chi connectivity index (χ1v) is 5.85. The van der Waals surface area contributed by atoms with E-state index < -0.39 is 12.6 Å². The van der Waals surface area contributed by atoms with Crippen LogP contribution in [0, 0.1) is 0 Å². The second-order valence-corrected chi connectivity index (χ2v) is 3.92. The Labute approximate surface area is 109 Å². The van der Waals surface area contributed by atoms with Gasteiger partial charge in [-0.2, -0.15) is 5.10 Å². The lowest BCUT2D eigenvalue weighted by Gasteiger charge is -2.02. The molecule has 0 aliphatic carbocycles.